The molecule has 0 bridgehead atoms. The van der Waals surface area contributed by atoms with Crippen LogP contribution in [0.2, 0.25) is 0 Å². The van der Waals surface area contributed by atoms with Gasteiger partial charge in [0.15, 0.2) is 6.61 Å². The van der Waals surface area contributed by atoms with Crippen molar-refractivity contribution < 1.29 is 14.3 Å². The fourth-order valence-corrected chi connectivity index (χ4v) is 2.46. The van der Waals surface area contributed by atoms with Crippen LogP contribution in [0, 0.1) is 0 Å². The van der Waals surface area contributed by atoms with Gasteiger partial charge in [-0.15, -0.1) is 0 Å². The second-order valence-corrected chi connectivity index (χ2v) is 5.60. The van der Waals surface area contributed by atoms with E-state index in [1.165, 1.54) is 5.56 Å². The molecule has 2 aromatic rings. The molecule has 1 amide bonds. The quantitative estimate of drug-likeness (QED) is 0.720. The van der Waals surface area contributed by atoms with E-state index in [2.05, 4.69) is 12.1 Å². The van der Waals surface area contributed by atoms with Gasteiger partial charge in [0, 0.05) is 19.6 Å². The van der Waals surface area contributed by atoms with Crippen molar-refractivity contribution in [3.8, 4) is 11.5 Å². The molecular formula is C20H26N2O3. The highest BCUT2D eigenvalue weighted by Gasteiger charge is 2.13. The Labute approximate surface area is 149 Å². The molecule has 0 saturated heterocycles. The largest absolute Gasteiger partial charge is 0.494 e. The number of hydrogen-bond donors (Lipinski definition) is 1. The Hall–Kier alpha value is -2.53. The van der Waals surface area contributed by atoms with Crippen LogP contribution in [0.5, 0.6) is 11.5 Å². The Balaban J connectivity index is 1.84. The van der Waals surface area contributed by atoms with E-state index in [9.17, 15) is 4.79 Å². The summed E-state index contributed by atoms with van der Waals surface area (Å²) >= 11 is 0. The fourth-order valence-electron chi connectivity index (χ4n) is 2.46. The summed E-state index contributed by atoms with van der Waals surface area (Å²) in [5, 5.41) is 0. The van der Waals surface area contributed by atoms with Crippen LogP contribution in [0.15, 0.2) is 54.6 Å². The maximum absolute atomic E-state index is 12.4. The molecule has 0 spiro atoms. The minimum absolute atomic E-state index is 0.00275. The van der Waals surface area contributed by atoms with Crippen LogP contribution in [-0.4, -0.2) is 43.7 Å². The number of benzene rings is 2. The van der Waals surface area contributed by atoms with Gasteiger partial charge in [0.1, 0.15) is 11.5 Å². The van der Waals surface area contributed by atoms with Gasteiger partial charge in [-0.25, -0.2) is 0 Å². The first-order chi connectivity index (χ1) is 12.2. The van der Waals surface area contributed by atoms with Crippen LogP contribution in [0.25, 0.3) is 0 Å². The molecule has 0 aliphatic rings. The van der Waals surface area contributed by atoms with Gasteiger partial charge in [0.05, 0.1) is 6.61 Å². The van der Waals surface area contributed by atoms with Gasteiger partial charge in [-0.3, -0.25) is 4.79 Å². The Morgan fingerprint density at radius 1 is 0.960 bits per heavy atom. The molecule has 0 heterocycles. The zero-order valence-corrected chi connectivity index (χ0v) is 14.7. The second kappa shape index (κ2) is 10.4. The van der Waals surface area contributed by atoms with Gasteiger partial charge in [-0.05, 0) is 43.2 Å². The van der Waals surface area contributed by atoms with E-state index in [-0.39, 0.29) is 12.5 Å². The van der Waals surface area contributed by atoms with Gasteiger partial charge in [-0.2, -0.15) is 0 Å². The van der Waals surface area contributed by atoms with Gasteiger partial charge >= 0.3 is 0 Å². The molecule has 0 aromatic heterocycles. The highest BCUT2D eigenvalue weighted by molar-refractivity contribution is 5.77. The summed E-state index contributed by atoms with van der Waals surface area (Å²) in [6.45, 7) is 4.15. The fraction of sp³-hybridized carbons (Fsp3) is 0.350. The van der Waals surface area contributed by atoms with Crippen molar-refractivity contribution in [1.29, 1.82) is 0 Å². The van der Waals surface area contributed by atoms with Gasteiger partial charge in [0.25, 0.3) is 5.91 Å². The van der Waals surface area contributed by atoms with Crippen molar-refractivity contribution in [2.24, 2.45) is 5.73 Å². The first kappa shape index (κ1) is 18.8. The molecule has 2 rings (SSSR count). The van der Waals surface area contributed by atoms with Crippen molar-refractivity contribution >= 4 is 5.91 Å². The average molecular weight is 342 g/mol. The molecular weight excluding hydrogens is 316 g/mol. The summed E-state index contributed by atoms with van der Waals surface area (Å²) in [4.78, 5) is 14.2. The maximum atomic E-state index is 12.4. The zero-order valence-electron chi connectivity index (χ0n) is 14.7. The third-order valence-corrected chi connectivity index (χ3v) is 3.76. The first-order valence-corrected chi connectivity index (χ1v) is 8.60. The number of carbonyl (C=O) groups excluding carboxylic acids is 1. The molecule has 0 aliphatic heterocycles. The molecule has 0 saturated carbocycles. The van der Waals surface area contributed by atoms with E-state index in [0.29, 0.717) is 32.0 Å². The first-order valence-electron chi connectivity index (χ1n) is 8.60. The summed E-state index contributed by atoms with van der Waals surface area (Å²) in [5.41, 5.74) is 6.84. The maximum Gasteiger partial charge on any atom is 0.260 e. The van der Waals surface area contributed by atoms with Crippen molar-refractivity contribution in [3.63, 3.8) is 0 Å². The number of carbonyl (C=O) groups is 1. The summed E-state index contributed by atoms with van der Waals surface area (Å²) in [6.07, 6.45) is 0.801. The van der Waals surface area contributed by atoms with E-state index in [1.54, 1.807) is 17.0 Å². The molecule has 0 unspecified atom stereocenters. The van der Waals surface area contributed by atoms with Gasteiger partial charge < -0.3 is 20.1 Å². The lowest BCUT2D eigenvalue weighted by atomic mass is 10.1. The predicted molar refractivity (Wildman–Crippen MR) is 98.9 cm³/mol. The Bertz CT molecular complexity index is 629. The standard InChI is InChI=1S/C20H26N2O3/c1-2-24-18-8-10-19(11-9-18)25-16-20(23)22(15-13-21)14-12-17-6-4-3-5-7-17/h3-11H,2,12-16,21H2,1H3. The zero-order chi connectivity index (χ0) is 17.9. The summed E-state index contributed by atoms with van der Waals surface area (Å²) in [6, 6.07) is 17.4. The average Bonchev–Trinajstić information content (AvgIpc) is 2.65. The molecule has 0 radical (unpaired) electrons. The number of nitrogens with zero attached hydrogens (tertiary/aromatic N) is 1. The third kappa shape index (κ3) is 6.47. The van der Waals surface area contributed by atoms with E-state index >= 15 is 0 Å². The molecule has 5 heteroatoms. The summed E-state index contributed by atoms with van der Waals surface area (Å²) < 4.78 is 11.0. The predicted octanol–water partition coefficient (Wildman–Crippen LogP) is 2.49. The van der Waals surface area contributed by atoms with Crippen molar-refractivity contribution in [1.82, 2.24) is 4.90 Å². The number of rotatable bonds is 10. The highest BCUT2D eigenvalue weighted by Crippen LogP contribution is 2.17. The molecule has 25 heavy (non-hydrogen) atoms. The lowest BCUT2D eigenvalue weighted by molar-refractivity contribution is -0.133. The molecule has 0 fully saturated rings. The molecule has 5 nitrogen and oxygen atoms in total. The Morgan fingerprint density at radius 2 is 1.60 bits per heavy atom. The molecule has 134 valence electrons. The molecule has 0 atom stereocenters. The van der Waals surface area contributed by atoms with Crippen LogP contribution >= 0.6 is 0 Å². The lowest BCUT2D eigenvalue weighted by Crippen LogP contribution is -2.39. The normalized spacial score (nSPS) is 10.3. The van der Waals surface area contributed by atoms with Crippen molar-refractivity contribution in [2.75, 3.05) is 32.8 Å². The van der Waals surface area contributed by atoms with Gasteiger partial charge in [0.2, 0.25) is 0 Å². The van der Waals surface area contributed by atoms with Crippen LogP contribution in [0.3, 0.4) is 0 Å². The summed E-state index contributed by atoms with van der Waals surface area (Å²) in [7, 11) is 0. The topological polar surface area (TPSA) is 64.8 Å². The molecule has 0 aliphatic carbocycles. The lowest BCUT2D eigenvalue weighted by Gasteiger charge is -2.22. The smallest absolute Gasteiger partial charge is 0.260 e. The molecule has 2 aromatic carbocycles. The van der Waals surface area contributed by atoms with Crippen molar-refractivity contribution in [2.45, 2.75) is 13.3 Å². The van der Waals surface area contributed by atoms with Gasteiger partial charge in [-0.1, -0.05) is 30.3 Å². The third-order valence-electron chi connectivity index (χ3n) is 3.76. The van der Waals surface area contributed by atoms with Crippen molar-refractivity contribution in [3.05, 3.63) is 60.2 Å². The molecule has 2 N–H and O–H groups in total. The number of amides is 1. The second-order valence-electron chi connectivity index (χ2n) is 5.60. The number of hydrogen-bond acceptors (Lipinski definition) is 4. The van der Waals surface area contributed by atoms with Crippen LogP contribution < -0.4 is 15.2 Å². The summed E-state index contributed by atoms with van der Waals surface area (Å²) in [5.74, 6) is 1.37. The minimum atomic E-state index is -0.0599. The Kier molecular flexibility index (Phi) is 7.79. The highest BCUT2D eigenvalue weighted by atomic mass is 16.5. The Morgan fingerprint density at radius 3 is 2.20 bits per heavy atom. The number of nitrogens with two attached hydrogens (primary N) is 1. The van der Waals surface area contributed by atoms with Crippen LogP contribution in [-0.2, 0) is 11.2 Å². The monoisotopic (exact) mass is 342 g/mol. The van der Waals surface area contributed by atoms with E-state index < -0.39 is 0 Å². The van der Waals surface area contributed by atoms with Crippen LogP contribution in [0.4, 0.5) is 0 Å². The van der Waals surface area contributed by atoms with E-state index in [4.69, 9.17) is 15.2 Å². The van der Waals surface area contributed by atoms with Crippen LogP contribution in [0.1, 0.15) is 12.5 Å². The minimum Gasteiger partial charge on any atom is -0.494 e. The SMILES string of the molecule is CCOc1ccc(OCC(=O)N(CCN)CCc2ccccc2)cc1. The van der Waals surface area contributed by atoms with E-state index in [0.717, 1.165) is 12.2 Å². The van der Waals surface area contributed by atoms with E-state index in [1.807, 2.05) is 37.3 Å². The number of ether oxygens (including phenoxy) is 2.